The first-order valence-corrected chi connectivity index (χ1v) is 6.11. The summed E-state index contributed by atoms with van der Waals surface area (Å²) in [5.74, 6) is 0. The molecule has 0 spiro atoms. The summed E-state index contributed by atoms with van der Waals surface area (Å²) in [6, 6.07) is 2.88. The zero-order valence-corrected chi connectivity index (χ0v) is 11.6. The summed E-state index contributed by atoms with van der Waals surface area (Å²) in [6.45, 7) is 3.19. The predicted octanol–water partition coefficient (Wildman–Crippen LogP) is 3.49. The molecule has 0 aliphatic carbocycles. The molecule has 0 aromatic heterocycles. The molecule has 102 valence electrons. The average molecular weight is 326 g/mol. The van der Waals surface area contributed by atoms with Crippen LogP contribution >= 0.6 is 15.9 Å². The van der Waals surface area contributed by atoms with E-state index in [1.54, 1.807) is 13.8 Å². The summed E-state index contributed by atoms with van der Waals surface area (Å²) in [7, 11) is 0. The van der Waals surface area contributed by atoms with Crippen molar-refractivity contribution in [3.63, 3.8) is 0 Å². The Kier molecular flexibility index (Phi) is 4.46. The number of aliphatic hydroxyl groups excluding tert-OH is 1. The molecule has 0 radical (unpaired) electrons. The Morgan fingerprint density at radius 1 is 1.28 bits per heavy atom. The van der Waals surface area contributed by atoms with E-state index in [1.165, 1.54) is 6.07 Å². The minimum atomic E-state index is -4.42. The molecule has 0 amide bonds. The Morgan fingerprint density at radius 2 is 1.83 bits per heavy atom. The minimum absolute atomic E-state index is 0.206. The van der Waals surface area contributed by atoms with E-state index in [9.17, 15) is 18.3 Å². The molecule has 6 heteroatoms. The van der Waals surface area contributed by atoms with E-state index in [0.29, 0.717) is 10.0 Å². The van der Waals surface area contributed by atoms with Gasteiger partial charge < -0.3 is 10.8 Å². The normalized spacial score (nSPS) is 14.7. The Balaban J connectivity index is 3.23. The standard InChI is InChI=1S/C12H15BrF3NO/c1-11(2,6-18)10(17)7-3-8(12(14,15)16)5-9(13)4-7/h3-5,10,18H,6,17H2,1-2H3/t10-/m1/s1. The maximum Gasteiger partial charge on any atom is 0.416 e. The van der Waals surface area contributed by atoms with Crippen LogP contribution in [0.2, 0.25) is 0 Å². The Bertz CT molecular complexity index is 432. The van der Waals surface area contributed by atoms with E-state index < -0.39 is 23.2 Å². The lowest BCUT2D eigenvalue weighted by molar-refractivity contribution is -0.137. The second-order valence-corrected chi connectivity index (χ2v) is 5.81. The highest BCUT2D eigenvalue weighted by Crippen LogP contribution is 2.37. The first kappa shape index (κ1) is 15.5. The Labute approximate surface area is 112 Å². The summed E-state index contributed by atoms with van der Waals surface area (Å²) >= 11 is 3.04. The molecule has 0 saturated heterocycles. The monoisotopic (exact) mass is 325 g/mol. The molecule has 1 aromatic carbocycles. The molecule has 1 rings (SSSR count). The molecule has 1 atom stereocenters. The average Bonchev–Trinajstić information content (AvgIpc) is 2.26. The molecule has 0 bridgehead atoms. The third-order valence-corrected chi connectivity index (χ3v) is 3.31. The molecular weight excluding hydrogens is 311 g/mol. The van der Waals surface area contributed by atoms with Crippen molar-refractivity contribution in [2.75, 3.05) is 6.61 Å². The van der Waals surface area contributed by atoms with Gasteiger partial charge in [-0.2, -0.15) is 13.2 Å². The van der Waals surface area contributed by atoms with Crippen molar-refractivity contribution in [1.82, 2.24) is 0 Å². The van der Waals surface area contributed by atoms with Gasteiger partial charge in [0.1, 0.15) is 0 Å². The molecule has 3 N–H and O–H groups in total. The molecule has 0 aliphatic heterocycles. The minimum Gasteiger partial charge on any atom is -0.396 e. The summed E-state index contributed by atoms with van der Waals surface area (Å²) in [5, 5.41) is 9.21. The number of halogens is 4. The van der Waals surface area contributed by atoms with E-state index >= 15 is 0 Å². The molecule has 0 aliphatic rings. The van der Waals surface area contributed by atoms with Crippen LogP contribution in [-0.2, 0) is 6.18 Å². The molecule has 0 heterocycles. The highest BCUT2D eigenvalue weighted by atomic mass is 79.9. The third kappa shape index (κ3) is 3.46. The molecule has 1 aromatic rings. The van der Waals surface area contributed by atoms with Gasteiger partial charge in [0.2, 0.25) is 0 Å². The van der Waals surface area contributed by atoms with Gasteiger partial charge in [-0.1, -0.05) is 29.8 Å². The van der Waals surface area contributed by atoms with E-state index in [1.807, 2.05) is 0 Å². The van der Waals surface area contributed by atoms with Crippen LogP contribution in [0.3, 0.4) is 0 Å². The number of aliphatic hydroxyl groups is 1. The summed E-state index contributed by atoms with van der Waals surface area (Å²) in [5.41, 5.74) is 4.81. The van der Waals surface area contributed by atoms with Gasteiger partial charge in [0.05, 0.1) is 5.56 Å². The van der Waals surface area contributed by atoms with Gasteiger partial charge in [-0.25, -0.2) is 0 Å². The van der Waals surface area contributed by atoms with Crippen molar-refractivity contribution in [2.45, 2.75) is 26.1 Å². The third-order valence-electron chi connectivity index (χ3n) is 2.86. The fourth-order valence-electron chi connectivity index (χ4n) is 1.51. The quantitative estimate of drug-likeness (QED) is 0.893. The van der Waals surface area contributed by atoms with Crippen LogP contribution in [0.5, 0.6) is 0 Å². The van der Waals surface area contributed by atoms with E-state index in [-0.39, 0.29) is 6.61 Å². The first-order valence-electron chi connectivity index (χ1n) is 5.32. The number of hydrogen-bond donors (Lipinski definition) is 2. The Morgan fingerprint density at radius 3 is 2.28 bits per heavy atom. The van der Waals surface area contributed by atoms with E-state index in [4.69, 9.17) is 5.73 Å². The Hall–Kier alpha value is -0.590. The van der Waals surface area contributed by atoms with Crippen LogP contribution in [0, 0.1) is 5.41 Å². The summed E-state index contributed by atoms with van der Waals surface area (Å²) in [4.78, 5) is 0. The number of nitrogens with two attached hydrogens (primary N) is 1. The van der Waals surface area contributed by atoms with Gasteiger partial charge in [0, 0.05) is 22.5 Å². The lowest BCUT2D eigenvalue weighted by Gasteiger charge is -2.30. The zero-order chi connectivity index (χ0) is 14.1. The van der Waals surface area contributed by atoms with Crippen LogP contribution in [0.15, 0.2) is 22.7 Å². The number of alkyl halides is 3. The van der Waals surface area contributed by atoms with Crippen molar-refractivity contribution in [3.05, 3.63) is 33.8 Å². The number of rotatable bonds is 3. The smallest absolute Gasteiger partial charge is 0.396 e. The van der Waals surface area contributed by atoms with E-state index in [2.05, 4.69) is 15.9 Å². The molecule has 0 saturated carbocycles. The van der Waals surface area contributed by atoms with Gasteiger partial charge in [0.15, 0.2) is 0 Å². The van der Waals surface area contributed by atoms with E-state index in [0.717, 1.165) is 12.1 Å². The topological polar surface area (TPSA) is 46.2 Å². The highest BCUT2D eigenvalue weighted by Gasteiger charge is 2.33. The van der Waals surface area contributed by atoms with Crippen LogP contribution in [0.1, 0.15) is 31.0 Å². The maximum atomic E-state index is 12.7. The second kappa shape index (κ2) is 5.19. The fraction of sp³-hybridized carbons (Fsp3) is 0.500. The maximum absolute atomic E-state index is 12.7. The van der Waals surface area contributed by atoms with Crippen LogP contribution in [0.25, 0.3) is 0 Å². The van der Waals surface area contributed by atoms with Gasteiger partial charge in [-0.3, -0.25) is 0 Å². The van der Waals surface area contributed by atoms with Gasteiger partial charge in [-0.05, 0) is 23.8 Å². The first-order chi connectivity index (χ1) is 8.08. The second-order valence-electron chi connectivity index (χ2n) is 4.90. The van der Waals surface area contributed by atoms with Crippen LogP contribution < -0.4 is 5.73 Å². The largest absolute Gasteiger partial charge is 0.416 e. The van der Waals surface area contributed by atoms with Crippen molar-refractivity contribution >= 4 is 15.9 Å². The molecular formula is C12H15BrF3NO. The molecule has 2 nitrogen and oxygen atoms in total. The lowest BCUT2D eigenvalue weighted by atomic mass is 9.81. The van der Waals surface area contributed by atoms with Crippen molar-refractivity contribution in [3.8, 4) is 0 Å². The van der Waals surface area contributed by atoms with Crippen molar-refractivity contribution in [1.29, 1.82) is 0 Å². The number of hydrogen-bond acceptors (Lipinski definition) is 2. The van der Waals surface area contributed by atoms with Crippen molar-refractivity contribution < 1.29 is 18.3 Å². The fourth-order valence-corrected chi connectivity index (χ4v) is 2.02. The molecule has 18 heavy (non-hydrogen) atoms. The van der Waals surface area contributed by atoms with Crippen LogP contribution in [0.4, 0.5) is 13.2 Å². The summed E-state index contributed by atoms with van der Waals surface area (Å²) in [6.07, 6.45) is -4.42. The summed E-state index contributed by atoms with van der Waals surface area (Å²) < 4.78 is 38.4. The molecule has 0 fully saturated rings. The van der Waals surface area contributed by atoms with Gasteiger partial charge in [-0.15, -0.1) is 0 Å². The highest BCUT2D eigenvalue weighted by molar-refractivity contribution is 9.10. The zero-order valence-electron chi connectivity index (χ0n) is 10.1. The van der Waals surface area contributed by atoms with Crippen molar-refractivity contribution in [2.24, 2.45) is 11.1 Å². The van der Waals surface area contributed by atoms with Gasteiger partial charge >= 0.3 is 6.18 Å². The van der Waals surface area contributed by atoms with Crippen LogP contribution in [-0.4, -0.2) is 11.7 Å². The SMILES string of the molecule is CC(C)(CO)[C@H](N)c1cc(Br)cc(C(F)(F)F)c1. The predicted molar refractivity (Wildman–Crippen MR) is 66.9 cm³/mol. The molecule has 0 unspecified atom stereocenters. The lowest BCUT2D eigenvalue weighted by Crippen LogP contribution is -2.32. The number of benzene rings is 1. The van der Waals surface area contributed by atoms with Gasteiger partial charge in [0.25, 0.3) is 0 Å².